The summed E-state index contributed by atoms with van der Waals surface area (Å²) in [5, 5.41) is 4.53. The Morgan fingerprint density at radius 3 is 2.09 bits per heavy atom. The maximum atomic E-state index is 13.8. The highest BCUT2D eigenvalue weighted by Gasteiger charge is 2.27. The Morgan fingerprint density at radius 1 is 0.771 bits per heavy atom. The molecule has 3 aromatic rings. The smallest absolute Gasteiger partial charge is 0.321 e. The normalized spacial score (nSPS) is 13.1. The monoisotopic (exact) mass is 489 g/mol. The van der Waals surface area contributed by atoms with Gasteiger partial charge in [0.1, 0.15) is 5.69 Å². The Labute approximate surface area is 197 Å². The molecule has 182 valence electrons. The van der Waals surface area contributed by atoms with Crippen LogP contribution >= 0.6 is 0 Å². The van der Waals surface area contributed by atoms with Crippen molar-refractivity contribution in [3.63, 3.8) is 0 Å². The third-order valence-corrected chi connectivity index (χ3v) is 5.65. The van der Waals surface area contributed by atoms with Gasteiger partial charge in [-0.05, 0) is 48.6 Å². The first kappa shape index (κ1) is 24.2. The first-order valence-corrected chi connectivity index (χ1v) is 10.8. The molecule has 1 heterocycles. The lowest BCUT2D eigenvalue weighted by Crippen LogP contribution is -2.35. The van der Waals surface area contributed by atoms with Crippen molar-refractivity contribution in [1.82, 2.24) is 0 Å². The van der Waals surface area contributed by atoms with E-state index in [0.29, 0.717) is 17.8 Å². The minimum absolute atomic E-state index is 0.309. The summed E-state index contributed by atoms with van der Waals surface area (Å²) < 4.78 is 67.3. The van der Waals surface area contributed by atoms with E-state index in [9.17, 15) is 31.5 Å². The summed E-state index contributed by atoms with van der Waals surface area (Å²) >= 11 is 0. The predicted octanol–water partition coefficient (Wildman–Crippen LogP) is 5.94. The van der Waals surface area contributed by atoms with E-state index < -0.39 is 47.1 Å². The van der Waals surface area contributed by atoms with E-state index >= 15 is 0 Å². The van der Waals surface area contributed by atoms with E-state index in [-0.39, 0.29) is 6.03 Å². The zero-order valence-corrected chi connectivity index (χ0v) is 18.3. The molecule has 1 aliphatic heterocycles. The summed E-state index contributed by atoms with van der Waals surface area (Å²) in [4.78, 5) is 26.7. The van der Waals surface area contributed by atoms with Crippen molar-refractivity contribution in [2.75, 3.05) is 22.1 Å². The van der Waals surface area contributed by atoms with Gasteiger partial charge in [-0.15, -0.1) is 0 Å². The van der Waals surface area contributed by atoms with Crippen molar-refractivity contribution < 1.29 is 31.5 Å². The minimum atomic E-state index is -2.31. The van der Waals surface area contributed by atoms with Crippen LogP contribution < -0.4 is 15.5 Å². The fourth-order valence-electron chi connectivity index (χ4n) is 3.88. The van der Waals surface area contributed by atoms with Crippen LogP contribution in [0.5, 0.6) is 0 Å². The molecule has 0 aliphatic carbocycles. The number of urea groups is 1. The summed E-state index contributed by atoms with van der Waals surface area (Å²) in [5.41, 5.74) is 1.39. The van der Waals surface area contributed by atoms with Crippen molar-refractivity contribution in [1.29, 1.82) is 0 Å². The van der Waals surface area contributed by atoms with Crippen LogP contribution in [0.25, 0.3) is 0 Å². The highest BCUT2D eigenvalue weighted by molar-refractivity contribution is 6.02. The van der Waals surface area contributed by atoms with Gasteiger partial charge in [-0.25, -0.2) is 26.7 Å². The maximum Gasteiger partial charge on any atom is 0.326 e. The third kappa shape index (κ3) is 5.11. The van der Waals surface area contributed by atoms with Gasteiger partial charge in [-0.2, -0.15) is 0 Å². The van der Waals surface area contributed by atoms with Crippen LogP contribution in [-0.4, -0.2) is 18.5 Å². The van der Waals surface area contributed by atoms with Crippen LogP contribution in [0.15, 0.2) is 48.5 Å². The number of nitrogens with one attached hydrogen (secondary N) is 2. The second-order valence-corrected chi connectivity index (χ2v) is 8.03. The molecule has 35 heavy (non-hydrogen) atoms. The van der Waals surface area contributed by atoms with E-state index in [0.717, 1.165) is 30.5 Å². The lowest BCUT2D eigenvalue weighted by molar-refractivity contribution is -0.115. The first-order valence-electron chi connectivity index (χ1n) is 10.8. The van der Waals surface area contributed by atoms with Crippen LogP contribution in [-0.2, 0) is 17.6 Å². The summed E-state index contributed by atoms with van der Waals surface area (Å²) in [7, 11) is 0. The van der Waals surface area contributed by atoms with Crippen LogP contribution in [0.2, 0.25) is 0 Å². The Bertz CT molecular complexity index is 1250. The predicted molar refractivity (Wildman–Crippen MR) is 121 cm³/mol. The lowest BCUT2D eigenvalue weighted by atomic mass is 10.1. The van der Waals surface area contributed by atoms with Crippen LogP contribution in [0.1, 0.15) is 24.0 Å². The Balaban J connectivity index is 1.41. The summed E-state index contributed by atoms with van der Waals surface area (Å²) in [6, 6.07) is 13.5. The summed E-state index contributed by atoms with van der Waals surface area (Å²) in [6.45, 7) is 0.568. The quantitative estimate of drug-likeness (QED) is 0.271. The number of carbonyl (C=O) groups is 2. The Hall–Kier alpha value is -3.95. The number of para-hydroxylation sites is 1. The number of hydrogen-bond acceptors (Lipinski definition) is 2. The molecule has 0 spiro atoms. The van der Waals surface area contributed by atoms with Crippen molar-refractivity contribution in [3.05, 3.63) is 88.7 Å². The molecular formula is C25H20F5N3O2. The first-order chi connectivity index (χ1) is 16.8. The topological polar surface area (TPSA) is 61.4 Å². The van der Waals surface area contributed by atoms with Gasteiger partial charge >= 0.3 is 6.03 Å². The van der Waals surface area contributed by atoms with Gasteiger partial charge in [-0.1, -0.05) is 30.3 Å². The van der Waals surface area contributed by atoms with Crippen molar-refractivity contribution in [2.24, 2.45) is 0 Å². The fourth-order valence-corrected chi connectivity index (χ4v) is 3.88. The molecule has 0 fully saturated rings. The second-order valence-electron chi connectivity index (χ2n) is 8.03. The maximum absolute atomic E-state index is 13.8. The summed E-state index contributed by atoms with van der Waals surface area (Å²) in [5.74, 6) is -11.8. The zero-order chi connectivity index (χ0) is 25.1. The van der Waals surface area contributed by atoms with Crippen LogP contribution in [0, 0.1) is 29.1 Å². The number of halogens is 5. The van der Waals surface area contributed by atoms with Crippen molar-refractivity contribution in [3.8, 4) is 0 Å². The molecule has 5 nitrogen and oxygen atoms in total. The van der Waals surface area contributed by atoms with E-state index in [4.69, 9.17) is 0 Å². The number of amides is 3. The van der Waals surface area contributed by atoms with Crippen LogP contribution in [0.3, 0.4) is 0 Å². The number of anilines is 3. The average Bonchev–Trinajstić information content (AvgIpc) is 3.08. The summed E-state index contributed by atoms with van der Waals surface area (Å²) in [6.07, 6.45) is 2.33. The van der Waals surface area contributed by atoms with Gasteiger partial charge in [0.15, 0.2) is 23.3 Å². The molecule has 4 rings (SSSR count). The number of hydrogen-bond donors (Lipinski definition) is 2. The van der Waals surface area contributed by atoms with Gasteiger partial charge in [0, 0.05) is 17.9 Å². The molecule has 0 radical (unpaired) electrons. The minimum Gasteiger partial charge on any atom is -0.321 e. The number of rotatable bonds is 4. The standard InChI is InChI=1S/C25H20F5N3O2/c26-19-20(27)22(29)24(23(30)21(19)28)32-18(34)13-14-8-10-16(11-9-14)31-25(35)33-12-4-3-6-15-5-1-2-7-17(15)33/h1-2,5,7-11H,3-4,6,12-13H2,(H,31,35)(H,32,34). The van der Waals surface area contributed by atoms with Crippen molar-refractivity contribution >= 4 is 29.0 Å². The number of carbonyl (C=O) groups excluding carboxylic acids is 2. The molecule has 10 heteroatoms. The SMILES string of the molecule is O=C(Cc1ccc(NC(=O)N2CCCCc3ccccc32)cc1)Nc1c(F)c(F)c(F)c(F)c1F. The molecule has 0 aromatic heterocycles. The lowest BCUT2D eigenvalue weighted by Gasteiger charge is -2.23. The van der Waals surface area contributed by atoms with Gasteiger partial charge in [-0.3, -0.25) is 9.69 Å². The van der Waals surface area contributed by atoms with Crippen molar-refractivity contribution in [2.45, 2.75) is 25.7 Å². The Kier molecular flexibility index (Phi) is 6.99. The number of fused-ring (bicyclic) bond motifs is 1. The van der Waals surface area contributed by atoms with Gasteiger partial charge in [0.25, 0.3) is 0 Å². The largest absolute Gasteiger partial charge is 0.326 e. The molecule has 2 N–H and O–H groups in total. The Morgan fingerprint density at radius 2 is 1.40 bits per heavy atom. The molecule has 1 aliphatic rings. The zero-order valence-electron chi connectivity index (χ0n) is 18.3. The molecule has 0 unspecified atom stereocenters. The molecule has 3 aromatic carbocycles. The van der Waals surface area contributed by atoms with E-state index in [1.165, 1.54) is 12.1 Å². The van der Waals surface area contributed by atoms with Gasteiger partial charge < -0.3 is 10.6 Å². The highest BCUT2D eigenvalue weighted by Crippen LogP contribution is 2.28. The number of benzene rings is 3. The number of nitrogens with zero attached hydrogens (tertiary/aromatic N) is 1. The van der Waals surface area contributed by atoms with E-state index in [1.807, 2.05) is 24.3 Å². The fraction of sp³-hybridized carbons (Fsp3) is 0.200. The third-order valence-electron chi connectivity index (χ3n) is 5.65. The molecule has 0 saturated heterocycles. The molecule has 0 saturated carbocycles. The molecule has 0 bridgehead atoms. The van der Waals surface area contributed by atoms with E-state index in [2.05, 4.69) is 5.32 Å². The molecule has 0 atom stereocenters. The molecular weight excluding hydrogens is 469 g/mol. The highest BCUT2D eigenvalue weighted by atomic mass is 19.2. The number of aryl methyl sites for hydroxylation is 1. The second kappa shape index (κ2) is 10.1. The van der Waals surface area contributed by atoms with Gasteiger partial charge in [0.2, 0.25) is 11.7 Å². The van der Waals surface area contributed by atoms with Crippen LogP contribution in [0.4, 0.5) is 43.8 Å². The molecule has 3 amide bonds. The van der Waals surface area contributed by atoms with Gasteiger partial charge in [0.05, 0.1) is 6.42 Å². The average molecular weight is 489 g/mol. The van der Waals surface area contributed by atoms with E-state index in [1.54, 1.807) is 22.3 Å².